The van der Waals surface area contributed by atoms with E-state index in [1.54, 1.807) is 29.8 Å². The third-order valence-electron chi connectivity index (χ3n) is 12.8. The minimum Gasteiger partial charge on any atom is -0.391 e. The maximum absolute atomic E-state index is 13.8. The number of hydrogen-bond donors (Lipinski definition) is 3. The average Bonchev–Trinajstić information content (AvgIpc) is 4.21. The van der Waals surface area contributed by atoms with E-state index < -0.39 is 24.1 Å². The van der Waals surface area contributed by atoms with E-state index in [9.17, 15) is 19.5 Å². The summed E-state index contributed by atoms with van der Waals surface area (Å²) < 4.78 is 24.5. The number of benzene rings is 2. The SMILES string of the molecule is Cc1cc([C@@H](C(=O)N2C[C@@H](O)C[C@@H]2C(=O)N[C@H](C)c2ccc(-c3scnc3C#CCOCCOCCOCCNC(=O)C[C@@H]3N=C(c4ccc(Cl)cc4)c4c(sc(C)c4C)-n4c(C)nnc43)cc2)C(C)C)on1. The lowest BCUT2D eigenvalue weighted by atomic mass is 9.91. The fourth-order valence-corrected chi connectivity index (χ4v) is 11.0. The van der Waals surface area contributed by atoms with Crippen LogP contribution in [0.2, 0.25) is 5.02 Å². The molecule has 0 spiro atoms. The zero-order valence-corrected chi connectivity index (χ0v) is 44.3. The van der Waals surface area contributed by atoms with E-state index in [1.807, 2.05) is 80.8 Å². The number of halogens is 1. The van der Waals surface area contributed by atoms with Gasteiger partial charge in [-0.2, -0.15) is 0 Å². The van der Waals surface area contributed by atoms with Crippen molar-refractivity contribution >= 4 is 57.7 Å². The zero-order valence-electron chi connectivity index (χ0n) is 41.9. The number of aliphatic imine (C=N–C) groups is 1. The number of β-amino-alcohol motifs (C(OH)–C–C–N with tert-alkyl or cyclic N) is 1. The zero-order chi connectivity index (χ0) is 51.8. The lowest BCUT2D eigenvalue weighted by Gasteiger charge is -2.29. The second-order valence-corrected chi connectivity index (χ2v) is 20.9. The molecule has 0 aliphatic carbocycles. The highest BCUT2D eigenvalue weighted by Crippen LogP contribution is 2.40. The van der Waals surface area contributed by atoms with Gasteiger partial charge in [0, 0.05) is 46.6 Å². The number of nitrogens with zero attached hydrogens (tertiary/aromatic N) is 7. The number of rotatable bonds is 20. The van der Waals surface area contributed by atoms with Crippen molar-refractivity contribution in [2.45, 2.75) is 91.5 Å². The van der Waals surface area contributed by atoms with Gasteiger partial charge in [-0.05, 0) is 75.3 Å². The van der Waals surface area contributed by atoms with Crippen LogP contribution in [0.15, 0.2) is 69.6 Å². The highest BCUT2D eigenvalue weighted by atomic mass is 35.5. The summed E-state index contributed by atoms with van der Waals surface area (Å²) in [7, 11) is 0. The largest absolute Gasteiger partial charge is 0.391 e. The van der Waals surface area contributed by atoms with E-state index in [1.165, 1.54) is 21.1 Å². The molecule has 0 saturated carbocycles. The van der Waals surface area contributed by atoms with Crippen LogP contribution in [0.5, 0.6) is 0 Å². The number of thiazole rings is 1. The van der Waals surface area contributed by atoms with Gasteiger partial charge in [-0.15, -0.1) is 32.9 Å². The van der Waals surface area contributed by atoms with E-state index in [0.29, 0.717) is 67.6 Å². The molecule has 3 amide bonds. The minimum atomic E-state index is -0.817. The summed E-state index contributed by atoms with van der Waals surface area (Å²) in [6.45, 7) is 16.0. The first kappa shape index (κ1) is 53.2. The highest BCUT2D eigenvalue weighted by Gasteiger charge is 2.43. The van der Waals surface area contributed by atoms with E-state index >= 15 is 0 Å². The Morgan fingerprint density at radius 2 is 1.66 bits per heavy atom. The minimum absolute atomic E-state index is 0.0681. The molecule has 0 unspecified atom stereocenters. The monoisotopic (exact) mass is 1050 g/mol. The van der Waals surface area contributed by atoms with Crippen LogP contribution in [-0.2, 0) is 28.6 Å². The molecule has 4 aromatic heterocycles. The van der Waals surface area contributed by atoms with Crippen molar-refractivity contribution in [3.05, 3.63) is 121 Å². The predicted octanol–water partition coefficient (Wildman–Crippen LogP) is 7.41. The number of likely N-dealkylation sites (tertiary alicyclic amines) is 1. The van der Waals surface area contributed by atoms with E-state index in [4.69, 9.17) is 35.3 Å². The van der Waals surface area contributed by atoms with Crippen LogP contribution in [0.25, 0.3) is 15.4 Å². The summed E-state index contributed by atoms with van der Waals surface area (Å²) in [4.78, 5) is 53.9. The van der Waals surface area contributed by atoms with Gasteiger partial charge in [-0.3, -0.25) is 23.9 Å². The van der Waals surface area contributed by atoms with Gasteiger partial charge in [0.05, 0.1) is 73.4 Å². The summed E-state index contributed by atoms with van der Waals surface area (Å²) >= 11 is 9.38. The number of thiophene rings is 1. The molecule has 6 heterocycles. The molecule has 2 aliphatic heterocycles. The Kier molecular flexibility index (Phi) is 17.7. The second-order valence-electron chi connectivity index (χ2n) is 18.4. The number of aliphatic hydroxyl groups is 1. The van der Waals surface area contributed by atoms with Gasteiger partial charge < -0.3 is 39.4 Å². The Balaban J connectivity index is 0.727. The molecule has 73 heavy (non-hydrogen) atoms. The van der Waals surface area contributed by atoms with Crippen molar-refractivity contribution < 1.29 is 38.2 Å². The number of carbonyl (C=O) groups is 3. The quantitative estimate of drug-likeness (QED) is 0.0505. The van der Waals surface area contributed by atoms with Crippen LogP contribution in [0.4, 0.5) is 0 Å². The van der Waals surface area contributed by atoms with E-state index in [0.717, 1.165) is 49.2 Å². The van der Waals surface area contributed by atoms with Gasteiger partial charge in [-0.25, -0.2) is 4.98 Å². The number of aromatic nitrogens is 5. The summed E-state index contributed by atoms with van der Waals surface area (Å²) in [6, 6.07) is 15.4. The van der Waals surface area contributed by atoms with Crippen LogP contribution >= 0.6 is 34.3 Å². The molecule has 3 N–H and O–H groups in total. The Hall–Kier alpha value is -6.11. The number of hydrogen-bond acceptors (Lipinski definition) is 15. The van der Waals surface area contributed by atoms with Gasteiger partial charge in [0.15, 0.2) is 5.82 Å². The molecular weight excluding hydrogens is 990 g/mol. The number of aliphatic hydroxyl groups excluding tert-OH is 1. The first-order valence-electron chi connectivity index (χ1n) is 24.3. The smallest absolute Gasteiger partial charge is 0.243 e. The first-order chi connectivity index (χ1) is 35.2. The van der Waals surface area contributed by atoms with Crippen LogP contribution < -0.4 is 10.6 Å². The first-order valence-corrected chi connectivity index (χ1v) is 26.4. The number of aryl methyl sites for hydroxylation is 3. The Bertz CT molecular complexity index is 2990. The molecule has 17 nitrogen and oxygen atoms in total. The van der Waals surface area contributed by atoms with Gasteiger partial charge in [0.1, 0.15) is 46.9 Å². The van der Waals surface area contributed by atoms with Gasteiger partial charge >= 0.3 is 0 Å². The van der Waals surface area contributed by atoms with Crippen molar-refractivity contribution in [3.8, 4) is 27.3 Å². The standard InChI is InChI=1S/C53H60ClN9O8S2/c1-30(2)46(44-25-31(3)61-71-44)52(67)62-28-40(64)26-43(62)51(66)57-33(5)36-10-12-38(13-11-36)49-41(56-29-72-49)9-8-19-68-21-23-70-24-22-69-20-18-55-45(65)27-42-50-60-59-35(7)63(50)53-47(32(4)34(6)73-53)48(58-42)37-14-16-39(54)17-15-37/h10-17,25,29-30,33,40,42-43,46,64H,18-24,26-28H2,1-7H3,(H,55,65)(H,57,66)/t33-,40+,42+,43-,46+/m1/s1. The Morgan fingerprint density at radius 1 is 0.945 bits per heavy atom. The molecule has 0 radical (unpaired) electrons. The maximum atomic E-state index is 13.8. The van der Waals surface area contributed by atoms with Gasteiger partial charge in [0.25, 0.3) is 0 Å². The average molecular weight is 1050 g/mol. The fraction of sp³-hybridized carbons (Fsp3) is 0.434. The van der Waals surface area contributed by atoms with E-state index in [-0.39, 0.29) is 55.7 Å². The molecule has 2 aromatic carbocycles. The molecule has 0 bridgehead atoms. The van der Waals surface area contributed by atoms with Crippen molar-refractivity contribution in [2.24, 2.45) is 10.9 Å². The number of fused-ring (bicyclic) bond motifs is 3. The molecule has 6 aromatic rings. The van der Waals surface area contributed by atoms with Crippen LogP contribution in [0, 0.1) is 45.5 Å². The molecule has 2 aliphatic rings. The third-order valence-corrected chi connectivity index (χ3v) is 15.1. The summed E-state index contributed by atoms with van der Waals surface area (Å²) in [6.07, 6.45) is -0.573. The molecule has 20 heteroatoms. The molecule has 1 fully saturated rings. The van der Waals surface area contributed by atoms with Crippen LogP contribution in [-0.4, -0.2) is 123 Å². The lowest BCUT2D eigenvalue weighted by molar-refractivity contribution is -0.141. The second kappa shape index (κ2) is 24.3. The Morgan fingerprint density at radius 3 is 2.37 bits per heavy atom. The lowest BCUT2D eigenvalue weighted by Crippen LogP contribution is -2.48. The number of ether oxygens (including phenoxy) is 3. The molecule has 5 atom stereocenters. The molecule has 384 valence electrons. The summed E-state index contributed by atoms with van der Waals surface area (Å²) in [5.41, 5.74) is 8.71. The van der Waals surface area contributed by atoms with Crippen molar-refractivity contribution in [1.82, 2.24) is 40.4 Å². The third kappa shape index (κ3) is 12.6. The molecular formula is C53H60ClN9O8S2. The number of carbonyl (C=O) groups excluding carboxylic acids is 3. The maximum Gasteiger partial charge on any atom is 0.243 e. The van der Waals surface area contributed by atoms with Gasteiger partial charge in [-0.1, -0.05) is 72.9 Å². The van der Waals surface area contributed by atoms with Crippen molar-refractivity contribution in [3.63, 3.8) is 0 Å². The predicted molar refractivity (Wildman–Crippen MR) is 279 cm³/mol. The van der Waals surface area contributed by atoms with Crippen LogP contribution in [0.3, 0.4) is 0 Å². The topological polar surface area (TPSA) is 208 Å². The molecule has 1 saturated heterocycles. The number of nitrogens with one attached hydrogen (secondary N) is 2. The van der Waals surface area contributed by atoms with Crippen LogP contribution in [0.1, 0.15) is 108 Å². The highest BCUT2D eigenvalue weighted by molar-refractivity contribution is 7.15. The normalized spacial score (nSPS) is 17.0. The van der Waals surface area contributed by atoms with Crippen molar-refractivity contribution in [1.29, 1.82) is 0 Å². The molecule has 8 rings (SSSR count). The fourth-order valence-electron chi connectivity index (χ4n) is 8.93. The summed E-state index contributed by atoms with van der Waals surface area (Å²) in [5, 5.41) is 31.0. The van der Waals surface area contributed by atoms with E-state index in [2.05, 4.69) is 56.7 Å². The summed E-state index contributed by atoms with van der Waals surface area (Å²) in [5.74, 6) is 6.45. The number of amides is 3. The van der Waals surface area contributed by atoms with Gasteiger partial charge in [0.2, 0.25) is 17.7 Å². The van der Waals surface area contributed by atoms with Crippen molar-refractivity contribution in [2.75, 3.05) is 52.7 Å². The Labute approximate surface area is 437 Å².